The fourth-order valence-corrected chi connectivity index (χ4v) is 2.05. The van der Waals surface area contributed by atoms with E-state index in [0.717, 1.165) is 5.92 Å². The van der Waals surface area contributed by atoms with E-state index in [9.17, 15) is 0 Å². The van der Waals surface area contributed by atoms with Crippen LogP contribution in [0, 0.1) is 11.8 Å². The van der Waals surface area contributed by atoms with Crippen molar-refractivity contribution in [3.05, 3.63) is 0 Å². The third-order valence-electron chi connectivity index (χ3n) is 3.64. The Morgan fingerprint density at radius 1 is 1.17 bits per heavy atom. The predicted octanol–water partition coefficient (Wildman–Crippen LogP) is 3.57. The minimum absolute atomic E-state index is 0.0919. The predicted molar refractivity (Wildman–Crippen MR) is 55.5 cm³/mol. The minimum atomic E-state index is 0.0919. The van der Waals surface area contributed by atoms with E-state index in [-0.39, 0.29) is 5.31 Å². The van der Waals surface area contributed by atoms with Gasteiger partial charge in [-0.05, 0) is 11.8 Å². The summed E-state index contributed by atoms with van der Waals surface area (Å²) in [6, 6.07) is 0. The lowest BCUT2D eigenvalue weighted by Crippen LogP contribution is -2.21. The summed E-state index contributed by atoms with van der Waals surface area (Å²) < 4.78 is 0. The SMILES string of the molecule is [B]C1(C)CCC(C)CCCC1C. The highest BCUT2D eigenvalue weighted by Crippen LogP contribution is 2.42. The largest absolute Gasteiger partial charge is 0.0746 e. The van der Waals surface area contributed by atoms with E-state index >= 15 is 0 Å². The molecule has 3 atom stereocenters. The van der Waals surface area contributed by atoms with E-state index in [0.29, 0.717) is 5.92 Å². The molecule has 0 saturated heterocycles. The van der Waals surface area contributed by atoms with Gasteiger partial charge in [-0.1, -0.05) is 58.2 Å². The summed E-state index contributed by atoms with van der Waals surface area (Å²) in [7, 11) is 6.25. The molecule has 0 amide bonds. The zero-order valence-corrected chi connectivity index (χ0v) is 8.77. The van der Waals surface area contributed by atoms with Crippen LogP contribution in [-0.4, -0.2) is 7.85 Å². The molecule has 1 heteroatoms. The first-order valence-corrected chi connectivity index (χ1v) is 5.31. The Balaban J connectivity index is 2.52. The van der Waals surface area contributed by atoms with Crippen molar-refractivity contribution in [1.82, 2.24) is 0 Å². The third-order valence-corrected chi connectivity index (χ3v) is 3.64. The highest BCUT2D eigenvalue weighted by atomic mass is 14.3. The Hall–Kier alpha value is 0.0649. The molecule has 1 fully saturated rings. The van der Waals surface area contributed by atoms with Crippen molar-refractivity contribution < 1.29 is 0 Å². The summed E-state index contributed by atoms with van der Waals surface area (Å²) in [4.78, 5) is 0. The Morgan fingerprint density at radius 2 is 1.83 bits per heavy atom. The van der Waals surface area contributed by atoms with Crippen LogP contribution in [0.15, 0.2) is 0 Å². The van der Waals surface area contributed by atoms with Crippen LogP contribution >= 0.6 is 0 Å². The zero-order chi connectivity index (χ0) is 9.19. The summed E-state index contributed by atoms with van der Waals surface area (Å²) >= 11 is 0. The van der Waals surface area contributed by atoms with Gasteiger partial charge in [-0.2, -0.15) is 0 Å². The van der Waals surface area contributed by atoms with Gasteiger partial charge in [0.05, 0.1) is 7.85 Å². The molecule has 1 saturated carbocycles. The van der Waals surface area contributed by atoms with Crippen LogP contribution in [0.3, 0.4) is 0 Å². The Labute approximate surface area is 78.5 Å². The van der Waals surface area contributed by atoms with Crippen LogP contribution in [0.5, 0.6) is 0 Å². The van der Waals surface area contributed by atoms with E-state index in [2.05, 4.69) is 20.8 Å². The van der Waals surface area contributed by atoms with E-state index in [1.165, 1.54) is 32.1 Å². The van der Waals surface area contributed by atoms with Gasteiger partial charge in [-0.3, -0.25) is 0 Å². The lowest BCUT2D eigenvalue weighted by Gasteiger charge is -2.36. The molecule has 0 heterocycles. The first-order chi connectivity index (χ1) is 5.52. The van der Waals surface area contributed by atoms with Crippen molar-refractivity contribution in [1.29, 1.82) is 0 Å². The Bertz CT molecular complexity index is 140. The van der Waals surface area contributed by atoms with E-state index in [1.807, 2.05) is 0 Å². The molecule has 0 aromatic rings. The van der Waals surface area contributed by atoms with Crippen molar-refractivity contribution >= 4 is 7.85 Å². The van der Waals surface area contributed by atoms with Crippen LogP contribution < -0.4 is 0 Å². The highest BCUT2D eigenvalue weighted by molar-refractivity contribution is 6.15. The number of hydrogen-bond donors (Lipinski definition) is 0. The summed E-state index contributed by atoms with van der Waals surface area (Å²) in [5.41, 5.74) is 0. The molecule has 0 spiro atoms. The molecule has 1 rings (SSSR count). The van der Waals surface area contributed by atoms with E-state index < -0.39 is 0 Å². The molecule has 3 unspecified atom stereocenters. The van der Waals surface area contributed by atoms with Gasteiger partial charge in [0.25, 0.3) is 0 Å². The second-order valence-corrected chi connectivity index (χ2v) is 4.98. The van der Waals surface area contributed by atoms with Gasteiger partial charge in [-0.25, -0.2) is 0 Å². The topological polar surface area (TPSA) is 0 Å². The molecule has 0 aromatic carbocycles. The van der Waals surface area contributed by atoms with Crippen LogP contribution in [0.2, 0.25) is 5.31 Å². The van der Waals surface area contributed by atoms with Crippen LogP contribution in [0.4, 0.5) is 0 Å². The van der Waals surface area contributed by atoms with Gasteiger partial charge in [0, 0.05) is 0 Å². The quantitative estimate of drug-likeness (QED) is 0.480. The van der Waals surface area contributed by atoms with E-state index in [1.54, 1.807) is 0 Å². The number of hydrogen-bond acceptors (Lipinski definition) is 0. The van der Waals surface area contributed by atoms with Crippen molar-refractivity contribution in [2.45, 2.75) is 58.2 Å². The van der Waals surface area contributed by atoms with Crippen LogP contribution in [0.1, 0.15) is 52.9 Å². The fourth-order valence-electron chi connectivity index (χ4n) is 2.05. The molecule has 0 bridgehead atoms. The van der Waals surface area contributed by atoms with E-state index in [4.69, 9.17) is 7.85 Å². The summed E-state index contributed by atoms with van der Waals surface area (Å²) in [5, 5.41) is 0.0919. The molecule has 1 aliphatic carbocycles. The second-order valence-electron chi connectivity index (χ2n) is 4.98. The molecule has 0 nitrogen and oxygen atoms in total. The average molecular weight is 164 g/mol. The maximum Gasteiger partial charge on any atom is 0.0746 e. The molecular weight excluding hydrogens is 143 g/mol. The van der Waals surface area contributed by atoms with Crippen LogP contribution in [-0.2, 0) is 0 Å². The minimum Gasteiger partial charge on any atom is -0.0674 e. The molecule has 68 valence electrons. The van der Waals surface area contributed by atoms with Gasteiger partial charge in [0.15, 0.2) is 0 Å². The lowest BCUT2D eigenvalue weighted by atomic mass is 9.57. The first-order valence-electron chi connectivity index (χ1n) is 5.31. The van der Waals surface area contributed by atoms with Gasteiger partial charge in [0.1, 0.15) is 0 Å². The Morgan fingerprint density at radius 3 is 2.50 bits per heavy atom. The van der Waals surface area contributed by atoms with Crippen molar-refractivity contribution in [2.24, 2.45) is 11.8 Å². The standard InChI is InChI=1S/C11H21B/c1-9-5-4-6-10(2)11(3,12)8-7-9/h9-10H,4-8H2,1-3H3. The van der Waals surface area contributed by atoms with Gasteiger partial charge >= 0.3 is 0 Å². The zero-order valence-electron chi connectivity index (χ0n) is 8.77. The molecule has 0 aromatic heterocycles. The Kier molecular flexibility index (Phi) is 3.26. The fraction of sp³-hybridized carbons (Fsp3) is 1.00. The summed E-state index contributed by atoms with van der Waals surface area (Å²) in [5.74, 6) is 1.59. The maximum absolute atomic E-state index is 6.25. The number of rotatable bonds is 0. The first kappa shape index (κ1) is 10.1. The third kappa shape index (κ3) is 2.53. The van der Waals surface area contributed by atoms with Gasteiger partial charge in [0.2, 0.25) is 0 Å². The average Bonchev–Trinajstić information content (AvgIpc) is 1.99. The van der Waals surface area contributed by atoms with Crippen molar-refractivity contribution in [2.75, 3.05) is 0 Å². The molecule has 12 heavy (non-hydrogen) atoms. The van der Waals surface area contributed by atoms with Crippen molar-refractivity contribution in [3.8, 4) is 0 Å². The maximum atomic E-state index is 6.25. The lowest BCUT2D eigenvalue weighted by molar-refractivity contribution is 0.283. The van der Waals surface area contributed by atoms with Gasteiger partial charge < -0.3 is 0 Å². The molecular formula is C11H21B. The molecule has 2 radical (unpaired) electrons. The highest BCUT2D eigenvalue weighted by Gasteiger charge is 2.27. The molecule has 0 N–H and O–H groups in total. The second kappa shape index (κ2) is 3.85. The molecule has 0 aliphatic heterocycles. The van der Waals surface area contributed by atoms with Crippen molar-refractivity contribution in [3.63, 3.8) is 0 Å². The monoisotopic (exact) mass is 164 g/mol. The smallest absolute Gasteiger partial charge is 0.0674 e. The molecule has 1 aliphatic rings. The normalized spacial score (nSPS) is 44.9. The van der Waals surface area contributed by atoms with Crippen LogP contribution in [0.25, 0.3) is 0 Å². The van der Waals surface area contributed by atoms with Gasteiger partial charge in [-0.15, -0.1) is 0 Å². The summed E-state index contributed by atoms with van der Waals surface area (Å²) in [6.07, 6.45) is 6.61. The summed E-state index contributed by atoms with van der Waals surface area (Å²) in [6.45, 7) is 6.87.